The zero-order valence-electron chi connectivity index (χ0n) is 19.8. The number of piperidine rings is 2. The maximum atomic E-state index is 11.9. The van der Waals surface area contributed by atoms with Crippen LogP contribution in [0.25, 0.3) is 0 Å². The van der Waals surface area contributed by atoms with Gasteiger partial charge in [-0.2, -0.15) is 0 Å². The number of rotatable bonds is 6. The minimum atomic E-state index is -0.205. The molecule has 2 fully saturated rings. The van der Waals surface area contributed by atoms with Gasteiger partial charge in [-0.3, -0.25) is 0 Å². The maximum Gasteiger partial charge on any atom is 0.409 e. The van der Waals surface area contributed by atoms with Gasteiger partial charge < -0.3 is 25.2 Å². The van der Waals surface area contributed by atoms with Gasteiger partial charge in [0.25, 0.3) is 0 Å². The summed E-state index contributed by atoms with van der Waals surface area (Å²) in [6, 6.07) is 9.15. The summed E-state index contributed by atoms with van der Waals surface area (Å²) in [4.78, 5) is 20.9. The predicted molar refractivity (Wildman–Crippen MR) is 142 cm³/mol. The third-order valence-electron chi connectivity index (χ3n) is 6.21. The van der Waals surface area contributed by atoms with Gasteiger partial charge in [0, 0.05) is 44.5 Å². The number of guanidine groups is 1. The second kappa shape index (κ2) is 13.7. The van der Waals surface area contributed by atoms with Gasteiger partial charge in [0.1, 0.15) is 0 Å². The van der Waals surface area contributed by atoms with Gasteiger partial charge >= 0.3 is 6.09 Å². The summed E-state index contributed by atoms with van der Waals surface area (Å²) in [5.41, 5.74) is 2.53. The Labute approximate surface area is 210 Å². The number of halogens is 1. The largest absolute Gasteiger partial charge is 0.450 e. The minimum absolute atomic E-state index is 0. The smallest absolute Gasteiger partial charge is 0.409 e. The Morgan fingerprint density at radius 1 is 1.06 bits per heavy atom. The van der Waals surface area contributed by atoms with Crippen LogP contribution < -0.4 is 15.5 Å². The molecule has 0 atom stereocenters. The van der Waals surface area contributed by atoms with E-state index in [9.17, 15) is 4.79 Å². The van der Waals surface area contributed by atoms with E-state index < -0.39 is 0 Å². The van der Waals surface area contributed by atoms with E-state index in [1.54, 1.807) is 4.90 Å². The molecule has 1 aromatic carbocycles. The molecule has 2 N–H and O–H groups in total. The van der Waals surface area contributed by atoms with Gasteiger partial charge in [0.05, 0.1) is 13.2 Å². The lowest BCUT2D eigenvalue weighted by Crippen LogP contribution is -2.49. The van der Waals surface area contributed by atoms with E-state index in [0.717, 1.165) is 44.4 Å². The molecule has 0 saturated carbocycles. The van der Waals surface area contributed by atoms with E-state index in [1.807, 2.05) is 6.92 Å². The minimum Gasteiger partial charge on any atom is -0.450 e. The molecule has 2 aliphatic heterocycles. The molecule has 1 aromatic rings. The fraction of sp³-hybridized carbons (Fsp3) is 0.667. The first-order valence-electron chi connectivity index (χ1n) is 11.9. The molecule has 8 heteroatoms. The van der Waals surface area contributed by atoms with Crippen LogP contribution in [0, 0.1) is 5.92 Å². The fourth-order valence-electron chi connectivity index (χ4n) is 4.18. The van der Waals surface area contributed by atoms with E-state index in [4.69, 9.17) is 9.73 Å². The summed E-state index contributed by atoms with van der Waals surface area (Å²) in [5.74, 6) is 1.69. The Bertz CT molecular complexity index is 712. The summed E-state index contributed by atoms with van der Waals surface area (Å²) in [5, 5.41) is 6.88. The van der Waals surface area contributed by atoms with Crippen LogP contribution in [-0.4, -0.2) is 62.3 Å². The lowest BCUT2D eigenvalue weighted by atomic mass is 9.99. The van der Waals surface area contributed by atoms with Gasteiger partial charge in [-0.1, -0.05) is 19.1 Å². The first-order valence-corrected chi connectivity index (χ1v) is 11.9. The highest BCUT2D eigenvalue weighted by Gasteiger charge is 2.24. The van der Waals surface area contributed by atoms with E-state index in [0.29, 0.717) is 32.3 Å². The lowest BCUT2D eigenvalue weighted by molar-refractivity contribution is 0.0963. The normalized spacial score (nSPS) is 18.2. The highest BCUT2D eigenvalue weighted by Crippen LogP contribution is 2.23. The Morgan fingerprint density at radius 2 is 1.72 bits per heavy atom. The number of ether oxygens (including phenoxy) is 1. The number of amides is 1. The summed E-state index contributed by atoms with van der Waals surface area (Å²) < 4.78 is 5.10. The van der Waals surface area contributed by atoms with E-state index in [-0.39, 0.29) is 30.1 Å². The van der Waals surface area contributed by atoms with E-state index in [2.05, 4.69) is 53.6 Å². The molecule has 180 valence electrons. The number of carbonyl (C=O) groups excluding carboxylic acids is 1. The zero-order chi connectivity index (χ0) is 22.1. The number of anilines is 1. The summed E-state index contributed by atoms with van der Waals surface area (Å²) in [6.07, 6.45) is 4.15. The molecule has 0 spiro atoms. The number of likely N-dealkylation sites (tertiary alicyclic amines) is 1. The Hall–Kier alpha value is -1.71. The van der Waals surface area contributed by atoms with Gasteiger partial charge in [-0.05, 0) is 63.1 Å². The molecular formula is C24H40IN5O2. The third-order valence-corrected chi connectivity index (χ3v) is 6.21. The van der Waals surface area contributed by atoms with Gasteiger partial charge in [0.2, 0.25) is 0 Å². The van der Waals surface area contributed by atoms with Gasteiger partial charge in [-0.15, -0.1) is 24.0 Å². The monoisotopic (exact) mass is 557 g/mol. The maximum absolute atomic E-state index is 11.9. The predicted octanol–water partition coefficient (Wildman–Crippen LogP) is 4.22. The number of carbonyl (C=O) groups is 1. The quantitative estimate of drug-likeness (QED) is 0.312. The van der Waals surface area contributed by atoms with Crippen molar-refractivity contribution in [1.29, 1.82) is 0 Å². The molecular weight excluding hydrogens is 517 g/mol. The van der Waals surface area contributed by atoms with Gasteiger partial charge in [0.15, 0.2) is 5.96 Å². The Morgan fingerprint density at radius 3 is 2.31 bits per heavy atom. The van der Waals surface area contributed by atoms with Gasteiger partial charge in [-0.25, -0.2) is 9.79 Å². The first kappa shape index (κ1) is 26.5. The molecule has 0 unspecified atom stereocenters. The van der Waals surface area contributed by atoms with Crippen LogP contribution in [0.2, 0.25) is 0 Å². The van der Waals surface area contributed by atoms with Crippen LogP contribution in [0.3, 0.4) is 0 Å². The highest BCUT2D eigenvalue weighted by molar-refractivity contribution is 14.0. The van der Waals surface area contributed by atoms with Crippen LogP contribution in [0.5, 0.6) is 0 Å². The molecule has 32 heavy (non-hydrogen) atoms. The van der Waals surface area contributed by atoms with Crippen molar-refractivity contribution < 1.29 is 9.53 Å². The second-order valence-electron chi connectivity index (χ2n) is 8.64. The summed E-state index contributed by atoms with van der Waals surface area (Å²) in [6.45, 7) is 11.9. The van der Waals surface area contributed by atoms with Crippen LogP contribution >= 0.6 is 24.0 Å². The number of aliphatic imine (C=N–C) groups is 1. The number of hydrogen-bond donors (Lipinski definition) is 2. The van der Waals surface area contributed by atoms with Crippen molar-refractivity contribution in [3.8, 4) is 0 Å². The number of hydrogen-bond acceptors (Lipinski definition) is 4. The average Bonchev–Trinajstić information content (AvgIpc) is 2.79. The topological polar surface area (TPSA) is 69.2 Å². The summed E-state index contributed by atoms with van der Waals surface area (Å²) in [7, 11) is 0. The zero-order valence-corrected chi connectivity index (χ0v) is 22.1. The van der Waals surface area contributed by atoms with Crippen molar-refractivity contribution in [1.82, 2.24) is 15.5 Å². The van der Waals surface area contributed by atoms with E-state index >= 15 is 0 Å². The Kier molecular flexibility index (Phi) is 11.4. The summed E-state index contributed by atoms with van der Waals surface area (Å²) >= 11 is 0. The van der Waals surface area contributed by atoms with Crippen molar-refractivity contribution in [2.45, 2.75) is 59.0 Å². The van der Waals surface area contributed by atoms with Crippen molar-refractivity contribution in [3.05, 3.63) is 29.8 Å². The number of nitrogens with one attached hydrogen (secondary N) is 2. The van der Waals surface area contributed by atoms with Crippen molar-refractivity contribution in [2.24, 2.45) is 10.9 Å². The molecule has 7 nitrogen and oxygen atoms in total. The SMILES string of the molecule is CCNC(=NCc1ccc(N2CCC(C)CC2)cc1)NC1CCN(C(=O)OCC)CC1.I. The van der Waals surface area contributed by atoms with E-state index in [1.165, 1.54) is 24.1 Å². The average molecular weight is 558 g/mol. The first-order chi connectivity index (χ1) is 15.1. The lowest BCUT2D eigenvalue weighted by Gasteiger charge is -2.32. The molecule has 1 amide bonds. The molecule has 2 saturated heterocycles. The fourth-order valence-corrected chi connectivity index (χ4v) is 4.18. The molecule has 2 heterocycles. The molecule has 0 aliphatic carbocycles. The Balaban J connectivity index is 0.00000363. The van der Waals surface area contributed by atoms with Crippen LogP contribution in [0.1, 0.15) is 52.0 Å². The second-order valence-corrected chi connectivity index (χ2v) is 8.64. The molecule has 0 aromatic heterocycles. The van der Waals surface area contributed by atoms with Crippen LogP contribution in [0.15, 0.2) is 29.3 Å². The number of nitrogens with zero attached hydrogens (tertiary/aromatic N) is 3. The molecule has 0 radical (unpaired) electrons. The molecule has 2 aliphatic rings. The standard InChI is InChI=1S/C24H39N5O2.HI/c1-4-25-23(27-21-12-16-29(17-13-21)24(30)31-5-2)26-18-20-6-8-22(9-7-20)28-14-10-19(3)11-15-28;/h6-9,19,21H,4-5,10-18H2,1-3H3,(H2,25,26,27);1H. The van der Waals surface area contributed by atoms with Crippen molar-refractivity contribution in [3.63, 3.8) is 0 Å². The number of benzene rings is 1. The van der Waals surface area contributed by atoms with Crippen LogP contribution in [-0.2, 0) is 11.3 Å². The highest BCUT2D eigenvalue weighted by atomic mass is 127. The van der Waals surface area contributed by atoms with Crippen LogP contribution in [0.4, 0.5) is 10.5 Å². The molecule has 0 bridgehead atoms. The van der Waals surface area contributed by atoms with Crippen molar-refractivity contribution >= 4 is 41.7 Å². The molecule has 3 rings (SSSR count). The van der Waals surface area contributed by atoms with Crippen molar-refractivity contribution in [2.75, 3.05) is 44.2 Å². The third kappa shape index (κ3) is 8.01.